The van der Waals surface area contributed by atoms with Crippen molar-refractivity contribution >= 4 is 34.7 Å². The van der Waals surface area contributed by atoms with Gasteiger partial charge in [0.15, 0.2) is 5.69 Å². The molecular weight excluding hydrogens is 302 g/mol. The second-order valence-corrected chi connectivity index (χ2v) is 6.09. The van der Waals surface area contributed by atoms with Crippen molar-refractivity contribution in [3.63, 3.8) is 0 Å². The fourth-order valence-electron chi connectivity index (χ4n) is 1.93. The van der Waals surface area contributed by atoms with Crippen molar-refractivity contribution in [2.45, 2.75) is 4.90 Å². The summed E-state index contributed by atoms with van der Waals surface area (Å²) in [6.07, 6.45) is 1.98. The van der Waals surface area contributed by atoms with Gasteiger partial charge in [-0.25, -0.2) is 0 Å². The van der Waals surface area contributed by atoms with E-state index in [1.807, 2.05) is 48.0 Å². The van der Waals surface area contributed by atoms with Crippen LogP contribution in [0.4, 0.5) is 5.69 Å². The first-order valence-electron chi connectivity index (χ1n) is 6.31. The largest absolute Gasteiger partial charge is 0.320 e. The van der Waals surface area contributed by atoms with Crippen molar-refractivity contribution in [1.82, 2.24) is 10.2 Å². The van der Waals surface area contributed by atoms with Crippen LogP contribution in [-0.4, -0.2) is 22.4 Å². The topological polar surface area (TPSA) is 57.8 Å². The number of rotatable bonds is 4. The van der Waals surface area contributed by atoms with Crippen LogP contribution in [0, 0.1) is 0 Å². The Labute approximate surface area is 130 Å². The summed E-state index contributed by atoms with van der Waals surface area (Å²) >= 11 is 3.20. The lowest BCUT2D eigenvalue weighted by Crippen LogP contribution is -2.12. The molecule has 106 valence electrons. The zero-order valence-electron chi connectivity index (χ0n) is 11.3. The van der Waals surface area contributed by atoms with E-state index in [4.69, 9.17) is 0 Å². The summed E-state index contributed by atoms with van der Waals surface area (Å²) < 4.78 is 0. The van der Waals surface area contributed by atoms with E-state index < -0.39 is 0 Å². The van der Waals surface area contributed by atoms with Gasteiger partial charge < -0.3 is 5.32 Å². The minimum atomic E-state index is -0.212. The molecule has 0 atom stereocenters. The van der Waals surface area contributed by atoms with Crippen LogP contribution in [0.5, 0.6) is 0 Å². The van der Waals surface area contributed by atoms with E-state index in [0.717, 1.165) is 21.2 Å². The molecule has 3 rings (SSSR count). The highest BCUT2D eigenvalue weighted by Gasteiger charge is 2.13. The number of H-pyrrole nitrogens is 1. The number of thioether (sulfide) groups is 1. The molecule has 4 nitrogen and oxygen atoms in total. The first-order valence-corrected chi connectivity index (χ1v) is 8.42. The Kier molecular flexibility index (Phi) is 4.08. The third kappa shape index (κ3) is 3.01. The number of aromatic nitrogens is 2. The molecule has 0 unspecified atom stereocenters. The zero-order valence-corrected chi connectivity index (χ0v) is 12.9. The molecule has 1 amide bonds. The van der Waals surface area contributed by atoms with Gasteiger partial charge in [0.25, 0.3) is 5.91 Å². The third-order valence-corrected chi connectivity index (χ3v) is 4.65. The SMILES string of the molecule is CSc1ccccc1NC(=O)c1cc(-c2cccs2)[nH]n1. The van der Waals surface area contributed by atoms with Gasteiger partial charge >= 0.3 is 0 Å². The number of hydrogen-bond acceptors (Lipinski definition) is 4. The summed E-state index contributed by atoms with van der Waals surface area (Å²) in [5, 5.41) is 11.9. The van der Waals surface area contributed by atoms with Gasteiger partial charge in [0.05, 0.1) is 16.3 Å². The molecule has 0 bridgehead atoms. The summed E-state index contributed by atoms with van der Waals surface area (Å²) in [4.78, 5) is 14.4. The van der Waals surface area contributed by atoms with Gasteiger partial charge in [-0.05, 0) is 35.9 Å². The van der Waals surface area contributed by atoms with E-state index in [-0.39, 0.29) is 5.91 Å². The molecule has 2 heterocycles. The van der Waals surface area contributed by atoms with E-state index in [1.165, 1.54) is 0 Å². The normalized spacial score (nSPS) is 10.5. The van der Waals surface area contributed by atoms with Crippen molar-refractivity contribution in [2.24, 2.45) is 0 Å². The number of hydrogen-bond donors (Lipinski definition) is 2. The van der Waals surface area contributed by atoms with Crippen LogP contribution in [-0.2, 0) is 0 Å². The van der Waals surface area contributed by atoms with Crippen molar-refractivity contribution in [1.29, 1.82) is 0 Å². The standard InChI is InChI=1S/C15H13N3OS2/c1-20-13-6-3-2-5-10(13)16-15(19)12-9-11(17-18-12)14-7-4-8-21-14/h2-9H,1H3,(H,16,19)(H,17,18). The highest BCUT2D eigenvalue weighted by molar-refractivity contribution is 7.98. The van der Waals surface area contributed by atoms with E-state index in [9.17, 15) is 4.79 Å². The average Bonchev–Trinajstić information content (AvgIpc) is 3.18. The van der Waals surface area contributed by atoms with Gasteiger partial charge in [0.1, 0.15) is 0 Å². The van der Waals surface area contributed by atoms with Crippen LogP contribution in [0.3, 0.4) is 0 Å². The van der Waals surface area contributed by atoms with E-state index in [0.29, 0.717) is 5.69 Å². The first-order chi connectivity index (χ1) is 10.3. The van der Waals surface area contributed by atoms with Gasteiger partial charge in [0, 0.05) is 4.90 Å². The molecule has 1 aromatic carbocycles. The molecule has 0 saturated carbocycles. The molecule has 0 aliphatic heterocycles. The van der Waals surface area contributed by atoms with E-state index >= 15 is 0 Å². The predicted molar refractivity (Wildman–Crippen MR) is 88.1 cm³/mol. The van der Waals surface area contributed by atoms with Gasteiger partial charge in [-0.15, -0.1) is 23.1 Å². The highest BCUT2D eigenvalue weighted by Crippen LogP contribution is 2.26. The van der Waals surface area contributed by atoms with Crippen LogP contribution in [0.2, 0.25) is 0 Å². The summed E-state index contributed by atoms with van der Waals surface area (Å²) in [6, 6.07) is 13.4. The second kappa shape index (κ2) is 6.15. The summed E-state index contributed by atoms with van der Waals surface area (Å²) in [5.41, 5.74) is 2.04. The van der Waals surface area contributed by atoms with Gasteiger partial charge in [-0.1, -0.05) is 18.2 Å². The van der Waals surface area contributed by atoms with Gasteiger partial charge in [0.2, 0.25) is 0 Å². The molecule has 0 aliphatic rings. The number of para-hydroxylation sites is 1. The van der Waals surface area contributed by atoms with Crippen LogP contribution in [0.25, 0.3) is 10.6 Å². The van der Waals surface area contributed by atoms with Gasteiger partial charge in [-0.2, -0.15) is 5.10 Å². The minimum absolute atomic E-state index is 0.212. The number of benzene rings is 1. The van der Waals surface area contributed by atoms with Crippen molar-refractivity contribution in [3.05, 3.63) is 53.5 Å². The molecule has 0 spiro atoms. The Morgan fingerprint density at radius 2 is 2.14 bits per heavy atom. The maximum Gasteiger partial charge on any atom is 0.276 e. The summed E-state index contributed by atoms with van der Waals surface area (Å²) in [5.74, 6) is -0.212. The van der Waals surface area contributed by atoms with Gasteiger partial charge in [-0.3, -0.25) is 9.89 Å². The predicted octanol–water partition coefficient (Wildman–Crippen LogP) is 4.11. The summed E-state index contributed by atoms with van der Waals surface area (Å²) in [7, 11) is 0. The molecule has 2 N–H and O–H groups in total. The number of nitrogens with one attached hydrogen (secondary N) is 2. The van der Waals surface area contributed by atoms with Crippen molar-refractivity contribution < 1.29 is 4.79 Å². The fourth-order valence-corrected chi connectivity index (χ4v) is 3.18. The molecule has 21 heavy (non-hydrogen) atoms. The Morgan fingerprint density at radius 3 is 2.90 bits per heavy atom. The lowest BCUT2D eigenvalue weighted by molar-refractivity contribution is 0.102. The number of thiophene rings is 1. The number of aromatic amines is 1. The minimum Gasteiger partial charge on any atom is -0.320 e. The third-order valence-electron chi connectivity index (χ3n) is 2.95. The maximum atomic E-state index is 12.3. The van der Waals surface area contributed by atoms with E-state index in [2.05, 4.69) is 15.5 Å². The monoisotopic (exact) mass is 315 g/mol. The number of carbonyl (C=O) groups excluding carboxylic acids is 1. The van der Waals surface area contributed by atoms with Crippen molar-refractivity contribution in [2.75, 3.05) is 11.6 Å². The Hall–Kier alpha value is -2.05. The van der Waals surface area contributed by atoms with Crippen LogP contribution in [0.1, 0.15) is 10.5 Å². The molecule has 0 radical (unpaired) electrons. The molecule has 2 aromatic heterocycles. The lowest BCUT2D eigenvalue weighted by Gasteiger charge is -2.07. The lowest BCUT2D eigenvalue weighted by atomic mass is 10.3. The summed E-state index contributed by atoms with van der Waals surface area (Å²) in [6.45, 7) is 0. The van der Waals surface area contributed by atoms with Crippen LogP contribution >= 0.6 is 23.1 Å². The Morgan fingerprint density at radius 1 is 1.29 bits per heavy atom. The first kappa shape index (κ1) is 13.9. The van der Waals surface area contributed by atoms with Crippen LogP contribution < -0.4 is 5.32 Å². The molecule has 0 fully saturated rings. The maximum absolute atomic E-state index is 12.3. The number of nitrogens with zero attached hydrogens (tertiary/aromatic N) is 1. The second-order valence-electron chi connectivity index (χ2n) is 4.30. The zero-order chi connectivity index (χ0) is 14.7. The molecule has 6 heteroatoms. The molecule has 3 aromatic rings. The fraction of sp³-hybridized carbons (Fsp3) is 0.0667. The average molecular weight is 315 g/mol. The number of anilines is 1. The van der Waals surface area contributed by atoms with E-state index in [1.54, 1.807) is 29.2 Å². The molecule has 0 aliphatic carbocycles. The van der Waals surface area contributed by atoms with Crippen LogP contribution in [0.15, 0.2) is 52.7 Å². The van der Waals surface area contributed by atoms with Crippen molar-refractivity contribution in [3.8, 4) is 10.6 Å². The quantitative estimate of drug-likeness (QED) is 0.712. The smallest absolute Gasteiger partial charge is 0.276 e. The molecule has 0 saturated heterocycles. The Balaban J connectivity index is 1.80. The molecular formula is C15H13N3OS2. The Bertz CT molecular complexity index is 750. The number of amides is 1. The number of carbonyl (C=O) groups is 1. The highest BCUT2D eigenvalue weighted by atomic mass is 32.2.